The van der Waals surface area contributed by atoms with Gasteiger partial charge < -0.3 is 31.4 Å². The fraction of sp³-hybridized carbons (Fsp3) is 0.381. The van der Waals surface area contributed by atoms with Crippen LogP contribution >= 0.6 is 15.9 Å². The highest BCUT2D eigenvalue weighted by atomic mass is 79.9. The third kappa shape index (κ3) is 4.23. The van der Waals surface area contributed by atoms with Crippen LogP contribution in [0.3, 0.4) is 0 Å². The van der Waals surface area contributed by atoms with Gasteiger partial charge in [-0.3, -0.25) is 0 Å². The molecule has 2 aromatic rings. The third-order valence-electron chi connectivity index (χ3n) is 4.99. The van der Waals surface area contributed by atoms with Crippen molar-refractivity contribution in [2.45, 2.75) is 19.9 Å². The second-order valence-electron chi connectivity index (χ2n) is 6.43. The summed E-state index contributed by atoms with van der Waals surface area (Å²) in [5.41, 5.74) is 4.87. The van der Waals surface area contributed by atoms with Crippen LogP contribution in [0.15, 0.2) is 28.7 Å². The number of fused-ring (bicyclic) bond motifs is 1. The Kier molecular flexibility index (Phi) is 7.61. The zero-order valence-electron chi connectivity index (χ0n) is 16.8. The lowest BCUT2D eigenvalue weighted by Gasteiger charge is -2.19. The van der Waals surface area contributed by atoms with Gasteiger partial charge in [0.05, 0.1) is 32.9 Å². The number of hydrogen-bond acceptors (Lipinski definition) is 4. The van der Waals surface area contributed by atoms with Crippen molar-refractivity contribution in [3.05, 3.63) is 45.4 Å². The van der Waals surface area contributed by atoms with Crippen molar-refractivity contribution in [1.82, 2.24) is 0 Å². The summed E-state index contributed by atoms with van der Waals surface area (Å²) in [7, 11) is 6.64. The van der Waals surface area contributed by atoms with E-state index in [1.54, 1.807) is 28.4 Å². The van der Waals surface area contributed by atoms with E-state index in [4.69, 9.17) is 18.9 Å². The van der Waals surface area contributed by atoms with Gasteiger partial charge in [0.25, 0.3) is 0 Å². The second kappa shape index (κ2) is 9.52. The van der Waals surface area contributed by atoms with Crippen LogP contribution in [0.1, 0.15) is 23.6 Å². The third-order valence-corrected chi connectivity index (χ3v) is 5.58. The number of methoxy groups -OCH3 is 4. The molecule has 28 heavy (non-hydrogen) atoms. The quantitative estimate of drug-likeness (QED) is 0.592. The highest BCUT2D eigenvalue weighted by Gasteiger charge is 2.25. The van der Waals surface area contributed by atoms with Crippen molar-refractivity contribution in [2.24, 2.45) is 0 Å². The van der Waals surface area contributed by atoms with Gasteiger partial charge in [0.15, 0.2) is 35.3 Å². The maximum atomic E-state index is 5.48. The van der Waals surface area contributed by atoms with Crippen molar-refractivity contribution >= 4 is 21.6 Å². The fourth-order valence-corrected chi connectivity index (χ4v) is 4.19. The van der Waals surface area contributed by atoms with Crippen LogP contribution in [-0.2, 0) is 13.0 Å². The molecule has 0 spiro atoms. The van der Waals surface area contributed by atoms with Crippen LogP contribution in [0.5, 0.6) is 23.0 Å². The van der Waals surface area contributed by atoms with E-state index in [0.717, 1.165) is 46.8 Å². The van der Waals surface area contributed by atoms with Gasteiger partial charge in [-0.1, -0.05) is 0 Å². The van der Waals surface area contributed by atoms with Crippen LogP contribution < -0.4 is 31.4 Å². The molecule has 5 nitrogen and oxygen atoms in total. The number of benzene rings is 2. The fourth-order valence-electron chi connectivity index (χ4n) is 3.54. The molecular formula is C21H25BrClNO4. The van der Waals surface area contributed by atoms with Crippen LogP contribution in [0.25, 0.3) is 0 Å². The molecule has 0 aliphatic carbocycles. The summed E-state index contributed by atoms with van der Waals surface area (Å²) in [5.74, 6) is 2.97. The Morgan fingerprint density at radius 3 is 2.14 bits per heavy atom. The van der Waals surface area contributed by atoms with Gasteiger partial charge in [-0.25, -0.2) is 4.58 Å². The maximum absolute atomic E-state index is 5.48. The molecule has 2 aromatic carbocycles. The van der Waals surface area contributed by atoms with Crippen LogP contribution in [0, 0.1) is 0 Å². The van der Waals surface area contributed by atoms with Crippen molar-refractivity contribution < 1.29 is 35.9 Å². The topological polar surface area (TPSA) is 39.9 Å². The molecule has 0 unspecified atom stereocenters. The minimum absolute atomic E-state index is 0. The van der Waals surface area contributed by atoms with Gasteiger partial charge in [0.2, 0.25) is 0 Å². The molecule has 0 aromatic heterocycles. The summed E-state index contributed by atoms with van der Waals surface area (Å²) in [6.07, 6.45) is 0.960. The van der Waals surface area contributed by atoms with Gasteiger partial charge in [-0.15, -0.1) is 0 Å². The molecule has 0 fully saturated rings. The lowest BCUT2D eigenvalue weighted by Crippen LogP contribution is -3.00. The largest absolute Gasteiger partial charge is 1.00 e. The van der Waals surface area contributed by atoms with Crippen molar-refractivity contribution in [3.63, 3.8) is 0 Å². The van der Waals surface area contributed by atoms with E-state index in [0.29, 0.717) is 5.75 Å². The standard InChI is InChI=1S/C21H25BrNO4.ClH/c1-13-16-11-19(25-3)18(24-2)10-15(16)6-7-23(13)12-14-8-17(22)21(27-5)20(9-14)26-4;/h8-11H,6-7,12H2,1-5H3;1H/q+1;/p-1. The van der Waals surface area contributed by atoms with Crippen molar-refractivity contribution in [3.8, 4) is 23.0 Å². The molecule has 1 heterocycles. The predicted molar refractivity (Wildman–Crippen MR) is 109 cm³/mol. The Bertz CT molecular complexity index is 898. The molecule has 0 amide bonds. The Morgan fingerprint density at radius 2 is 1.54 bits per heavy atom. The highest BCUT2D eigenvalue weighted by molar-refractivity contribution is 9.10. The number of nitrogens with zero attached hydrogens (tertiary/aromatic N) is 1. The van der Waals surface area contributed by atoms with E-state index in [9.17, 15) is 0 Å². The molecule has 0 saturated carbocycles. The Hall–Kier alpha value is -1.92. The first-order valence-electron chi connectivity index (χ1n) is 8.76. The smallest absolute Gasteiger partial charge is 0.180 e. The normalized spacial score (nSPS) is 12.8. The number of hydrogen-bond donors (Lipinski definition) is 0. The van der Waals surface area contributed by atoms with Gasteiger partial charge in [0.1, 0.15) is 6.54 Å². The monoisotopic (exact) mass is 469 g/mol. The van der Waals surface area contributed by atoms with Crippen molar-refractivity contribution in [2.75, 3.05) is 35.0 Å². The zero-order chi connectivity index (χ0) is 19.6. The van der Waals surface area contributed by atoms with Gasteiger partial charge in [0, 0.05) is 24.5 Å². The molecule has 1 aliphatic rings. The van der Waals surface area contributed by atoms with E-state index in [2.05, 4.69) is 45.6 Å². The van der Waals surface area contributed by atoms with Gasteiger partial charge >= 0.3 is 0 Å². The second-order valence-corrected chi connectivity index (χ2v) is 7.29. The SMILES string of the molecule is COc1cc2c(cc1OC)C(C)=[N+](Cc1cc(Br)c(OC)c(OC)c1)CC2.[Cl-]. The van der Waals surface area contributed by atoms with Crippen LogP contribution in [0.2, 0.25) is 0 Å². The summed E-state index contributed by atoms with van der Waals surface area (Å²) >= 11 is 3.58. The predicted octanol–water partition coefficient (Wildman–Crippen LogP) is 1.07. The molecule has 152 valence electrons. The molecule has 0 radical (unpaired) electrons. The van der Waals surface area contributed by atoms with E-state index in [1.807, 2.05) is 6.07 Å². The average molecular weight is 471 g/mol. The first-order valence-corrected chi connectivity index (χ1v) is 9.55. The average Bonchev–Trinajstić information content (AvgIpc) is 2.68. The summed E-state index contributed by atoms with van der Waals surface area (Å²) in [6.45, 7) is 3.89. The molecule has 3 rings (SSSR count). The molecular weight excluding hydrogens is 446 g/mol. The minimum atomic E-state index is 0. The lowest BCUT2D eigenvalue weighted by molar-refractivity contribution is -0.545. The molecule has 7 heteroatoms. The number of halogens is 2. The van der Waals surface area contributed by atoms with Crippen LogP contribution in [-0.4, -0.2) is 45.3 Å². The van der Waals surface area contributed by atoms with E-state index in [1.165, 1.54) is 16.8 Å². The molecule has 0 atom stereocenters. The molecule has 0 bridgehead atoms. The summed E-state index contributed by atoms with van der Waals surface area (Å²) < 4.78 is 25.1. The van der Waals surface area contributed by atoms with E-state index >= 15 is 0 Å². The summed E-state index contributed by atoms with van der Waals surface area (Å²) in [6, 6.07) is 8.27. The maximum Gasteiger partial charge on any atom is 0.180 e. The minimum Gasteiger partial charge on any atom is -1.00 e. The van der Waals surface area contributed by atoms with Crippen LogP contribution in [0.4, 0.5) is 0 Å². The number of ether oxygens (including phenoxy) is 4. The summed E-state index contributed by atoms with van der Waals surface area (Å²) in [4.78, 5) is 0. The Morgan fingerprint density at radius 1 is 0.893 bits per heavy atom. The van der Waals surface area contributed by atoms with Crippen molar-refractivity contribution in [1.29, 1.82) is 0 Å². The first-order chi connectivity index (χ1) is 13.0. The molecule has 0 saturated heterocycles. The van der Waals surface area contributed by atoms with Gasteiger partial charge in [-0.05, 0) is 45.8 Å². The zero-order valence-corrected chi connectivity index (χ0v) is 19.1. The highest BCUT2D eigenvalue weighted by Crippen LogP contribution is 2.37. The number of rotatable bonds is 6. The Balaban J connectivity index is 0.00000280. The molecule has 0 N–H and O–H groups in total. The Labute approximate surface area is 180 Å². The van der Waals surface area contributed by atoms with E-state index < -0.39 is 0 Å². The van der Waals surface area contributed by atoms with E-state index in [-0.39, 0.29) is 12.4 Å². The van der Waals surface area contributed by atoms with Gasteiger partial charge in [-0.2, -0.15) is 0 Å². The molecule has 1 aliphatic heterocycles. The first kappa shape index (κ1) is 22.4. The lowest BCUT2D eigenvalue weighted by atomic mass is 9.96. The summed E-state index contributed by atoms with van der Waals surface area (Å²) in [5, 5.41) is 0.